The molecule has 0 saturated carbocycles. The van der Waals surface area contributed by atoms with Crippen molar-refractivity contribution in [2.45, 2.75) is 9.79 Å². The van der Waals surface area contributed by atoms with Crippen LogP contribution in [-0.2, 0) is 9.84 Å². The summed E-state index contributed by atoms with van der Waals surface area (Å²) in [7, 11) is 0.0971. The van der Waals surface area contributed by atoms with E-state index in [9.17, 15) is 13.2 Å². The molecule has 2 aromatic rings. The molecule has 0 aliphatic carbocycles. The molecule has 0 N–H and O–H groups in total. The number of carbonyl (C=O) groups is 1. The van der Waals surface area contributed by atoms with Crippen molar-refractivity contribution in [1.82, 2.24) is 4.90 Å². The number of rotatable bonds is 5. The second-order valence-electron chi connectivity index (χ2n) is 5.00. The second-order valence-corrected chi connectivity index (χ2v) is 6.95. The van der Waals surface area contributed by atoms with E-state index in [1.807, 2.05) is 14.1 Å². The number of Topliss-reactive ketones (excluding diaryl/α,β-unsaturated/α-hetero) is 1. The molecule has 0 radical (unpaired) electrons. The maximum Gasteiger partial charge on any atom is 0.206 e. The Balaban J connectivity index is 2.29. The molecular weight excluding hydrogens is 286 g/mol. The number of hydrogen-bond donors (Lipinski definition) is 0. The van der Waals surface area contributed by atoms with E-state index >= 15 is 0 Å². The van der Waals surface area contributed by atoms with E-state index in [0.29, 0.717) is 12.1 Å². The number of likely N-dealkylation sites (N-methyl/N-ethyl adjacent to an activating group) is 1. The molecule has 0 aliphatic heterocycles. The molecule has 2 aromatic carbocycles. The maximum atomic E-state index is 12.4. The summed E-state index contributed by atoms with van der Waals surface area (Å²) in [5.74, 6) is -0.0383. The summed E-state index contributed by atoms with van der Waals surface area (Å²) in [5, 5.41) is 0. The van der Waals surface area contributed by atoms with Crippen molar-refractivity contribution >= 4 is 15.6 Å². The van der Waals surface area contributed by atoms with E-state index in [1.54, 1.807) is 47.4 Å². The quantitative estimate of drug-likeness (QED) is 0.795. The highest BCUT2D eigenvalue weighted by molar-refractivity contribution is 7.91. The number of sulfone groups is 1. The third kappa shape index (κ3) is 3.56. The number of hydrogen-bond acceptors (Lipinski definition) is 4. The van der Waals surface area contributed by atoms with Crippen molar-refractivity contribution in [2.75, 3.05) is 20.6 Å². The van der Waals surface area contributed by atoms with Crippen LogP contribution in [0.15, 0.2) is 64.4 Å². The summed E-state index contributed by atoms with van der Waals surface area (Å²) in [6, 6.07) is 14.3. The molecule has 110 valence electrons. The lowest BCUT2D eigenvalue weighted by Crippen LogP contribution is -2.21. The highest BCUT2D eigenvalue weighted by Gasteiger charge is 2.17. The van der Waals surface area contributed by atoms with Gasteiger partial charge in [-0.1, -0.05) is 30.3 Å². The number of nitrogens with zero attached hydrogens (tertiary/aromatic N) is 1. The molecular formula is C16H17NO3S. The first-order chi connectivity index (χ1) is 9.91. The molecule has 0 spiro atoms. The molecule has 5 heteroatoms. The van der Waals surface area contributed by atoms with Gasteiger partial charge >= 0.3 is 0 Å². The Labute approximate surface area is 124 Å². The lowest BCUT2D eigenvalue weighted by molar-refractivity contribution is 0.0957. The average Bonchev–Trinajstić information content (AvgIpc) is 2.47. The van der Waals surface area contributed by atoms with Crippen LogP contribution in [0.3, 0.4) is 0 Å². The molecule has 4 nitrogen and oxygen atoms in total. The zero-order valence-electron chi connectivity index (χ0n) is 12.0. The summed E-state index contributed by atoms with van der Waals surface area (Å²) in [6.07, 6.45) is 0. The fourth-order valence-corrected chi connectivity index (χ4v) is 3.22. The summed E-state index contributed by atoms with van der Waals surface area (Å²) in [5.41, 5.74) is 0.510. The summed E-state index contributed by atoms with van der Waals surface area (Å²) >= 11 is 0. The zero-order chi connectivity index (χ0) is 15.5. The van der Waals surface area contributed by atoms with Gasteiger partial charge in [0.25, 0.3) is 0 Å². The standard InChI is InChI=1S/C16H17NO3S/c1-17(2)12-16(18)13-8-10-15(11-9-13)21(19,20)14-6-4-3-5-7-14/h3-11H,12H2,1-2H3. The molecule has 0 heterocycles. The predicted molar refractivity (Wildman–Crippen MR) is 81.2 cm³/mol. The van der Waals surface area contributed by atoms with Gasteiger partial charge in [0.15, 0.2) is 5.78 Å². The van der Waals surface area contributed by atoms with Gasteiger partial charge in [0, 0.05) is 5.56 Å². The van der Waals surface area contributed by atoms with Gasteiger partial charge in [0.1, 0.15) is 0 Å². The SMILES string of the molecule is CN(C)CC(=O)c1ccc(S(=O)(=O)c2ccccc2)cc1. The zero-order valence-corrected chi connectivity index (χ0v) is 12.8. The van der Waals surface area contributed by atoms with Crippen LogP contribution in [0.4, 0.5) is 0 Å². The van der Waals surface area contributed by atoms with E-state index in [4.69, 9.17) is 0 Å². The lowest BCUT2D eigenvalue weighted by atomic mass is 10.1. The van der Waals surface area contributed by atoms with E-state index in [2.05, 4.69) is 0 Å². The minimum absolute atomic E-state index is 0.0383. The van der Waals surface area contributed by atoms with Crippen LogP contribution in [-0.4, -0.2) is 39.7 Å². The first kappa shape index (κ1) is 15.4. The molecule has 0 saturated heterocycles. The normalized spacial score (nSPS) is 11.6. The van der Waals surface area contributed by atoms with E-state index in [1.165, 1.54) is 12.1 Å². The van der Waals surface area contributed by atoms with Gasteiger partial charge < -0.3 is 4.90 Å². The van der Waals surface area contributed by atoms with Crippen LogP contribution < -0.4 is 0 Å². The van der Waals surface area contributed by atoms with Crippen LogP contribution in [0.2, 0.25) is 0 Å². The molecule has 0 fully saturated rings. The Bertz CT molecular complexity index is 720. The third-order valence-corrected chi connectivity index (χ3v) is 4.79. The highest BCUT2D eigenvalue weighted by Crippen LogP contribution is 2.20. The van der Waals surface area contributed by atoms with Gasteiger partial charge in [-0.05, 0) is 38.4 Å². The first-order valence-corrected chi connectivity index (χ1v) is 7.98. The van der Waals surface area contributed by atoms with Crippen LogP contribution in [0.25, 0.3) is 0 Å². The lowest BCUT2D eigenvalue weighted by Gasteiger charge is -2.09. The Morgan fingerprint density at radius 2 is 1.43 bits per heavy atom. The molecule has 0 amide bonds. The van der Waals surface area contributed by atoms with Crippen molar-refractivity contribution in [3.8, 4) is 0 Å². The monoisotopic (exact) mass is 303 g/mol. The second kappa shape index (κ2) is 6.20. The first-order valence-electron chi connectivity index (χ1n) is 6.49. The molecule has 2 rings (SSSR count). The van der Waals surface area contributed by atoms with Crippen LogP contribution in [0.5, 0.6) is 0 Å². The van der Waals surface area contributed by atoms with E-state index < -0.39 is 9.84 Å². The van der Waals surface area contributed by atoms with E-state index in [0.717, 1.165) is 0 Å². The minimum atomic E-state index is -3.53. The molecule has 0 aliphatic rings. The smallest absolute Gasteiger partial charge is 0.206 e. The fraction of sp³-hybridized carbons (Fsp3) is 0.188. The predicted octanol–water partition coefficient (Wildman–Crippen LogP) is 2.26. The van der Waals surface area contributed by atoms with Crippen molar-refractivity contribution in [3.63, 3.8) is 0 Å². The molecule has 0 atom stereocenters. The van der Waals surface area contributed by atoms with Crippen molar-refractivity contribution < 1.29 is 13.2 Å². The van der Waals surface area contributed by atoms with Crippen molar-refractivity contribution in [3.05, 3.63) is 60.2 Å². The number of carbonyl (C=O) groups excluding carboxylic acids is 1. The molecule has 0 bridgehead atoms. The summed E-state index contributed by atoms with van der Waals surface area (Å²) < 4.78 is 24.8. The van der Waals surface area contributed by atoms with Gasteiger partial charge in [-0.3, -0.25) is 4.79 Å². The van der Waals surface area contributed by atoms with Crippen molar-refractivity contribution in [1.29, 1.82) is 0 Å². The maximum absolute atomic E-state index is 12.4. The Morgan fingerprint density at radius 1 is 0.905 bits per heavy atom. The summed E-state index contributed by atoms with van der Waals surface area (Å²) in [4.78, 5) is 14.1. The molecule has 21 heavy (non-hydrogen) atoms. The van der Waals surface area contributed by atoms with Crippen LogP contribution >= 0.6 is 0 Å². The van der Waals surface area contributed by atoms with Crippen LogP contribution in [0, 0.1) is 0 Å². The Morgan fingerprint density at radius 3 is 1.95 bits per heavy atom. The van der Waals surface area contributed by atoms with Gasteiger partial charge in [0.2, 0.25) is 9.84 Å². The Hall–Kier alpha value is -1.98. The van der Waals surface area contributed by atoms with Crippen LogP contribution in [0.1, 0.15) is 10.4 Å². The average molecular weight is 303 g/mol. The molecule has 0 unspecified atom stereocenters. The third-order valence-electron chi connectivity index (χ3n) is 3.00. The Kier molecular flexibility index (Phi) is 4.55. The highest BCUT2D eigenvalue weighted by atomic mass is 32.2. The van der Waals surface area contributed by atoms with Crippen molar-refractivity contribution in [2.24, 2.45) is 0 Å². The largest absolute Gasteiger partial charge is 0.302 e. The van der Waals surface area contributed by atoms with Gasteiger partial charge in [-0.2, -0.15) is 0 Å². The van der Waals surface area contributed by atoms with E-state index in [-0.39, 0.29) is 15.6 Å². The topological polar surface area (TPSA) is 54.5 Å². The van der Waals surface area contributed by atoms with Gasteiger partial charge in [0.05, 0.1) is 16.3 Å². The number of ketones is 1. The number of benzene rings is 2. The molecule has 0 aromatic heterocycles. The van der Waals surface area contributed by atoms with Gasteiger partial charge in [-0.25, -0.2) is 8.42 Å². The summed E-state index contributed by atoms with van der Waals surface area (Å²) in [6.45, 7) is 0.296. The fourth-order valence-electron chi connectivity index (χ4n) is 1.93. The minimum Gasteiger partial charge on any atom is -0.302 e. The van der Waals surface area contributed by atoms with Gasteiger partial charge in [-0.15, -0.1) is 0 Å².